The van der Waals surface area contributed by atoms with Gasteiger partial charge in [0.25, 0.3) is 0 Å². The summed E-state index contributed by atoms with van der Waals surface area (Å²) in [5, 5.41) is 3.96. The second-order valence-electron chi connectivity index (χ2n) is 3.43. The van der Waals surface area contributed by atoms with Crippen LogP contribution in [-0.4, -0.2) is 17.4 Å². The van der Waals surface area contributed by atoms with E-state index in [0.29, 0.717) is 11.6 Å². The third kappa shape index (κ3) is 5.42. The summed E-state index contributed by atoms with van der Waals surface area (Å²) in [6, 6.07) is 7.34. The van der Waals surface area contributed by atoms with E-state index in [2.05, 4.69) is 12.2 Å². The van der Waals surface area contributed by atoms with Gasteiger partial charge in [-0.3, -0.25) is 4.79 Å². The van der Waals surface area contributed by atoms with Crippen LogP contribution in [0.1, 0.15) is 19.8 Å². The minimum atomic E-state index is 0.184. The number of hydrogen-bond donors (Lipinski definition) is 1. The smallest absolute Gasteiger partial charge is 0.207 e. The Morgan fingerprint density at radius 3 is 2.69 bits per heavy atom. The van der Waals surface area contributed by atoms with Crippen molar-refractivity contribution in [3.63, 3.8) is 0 Å². The van der Waals surface area contributed by atoms with E-state index in [4.69, 9.17) is 11.6 Å². The average molecular weight is 258 g/mol. The maximum atomic E-state index is 11.4. The lowest BCUT2D eigenvalue weighted by Gasteiger charge is -2.05. The third-order valence-corrected chi connectivity index (χ3v) is 3.25. The molecule has 1 rings (SSSR count). The molecule has 0 aliphatic carbocycles. The van der Waals surface area contributed by atoms with Gasteiger partial charge in [0.1, 0.15) is 0 Å². The number of rotatable bonds is 6. The Labute approximate surface area is 106 Å². The summed E-state index contributed by atoms with van der Waals surface area (Å²) in [4.78, 5) is 11.4. The van der Waals surface area contributed by atoms with Gasteiger partial charge >= 0.3 is 0 Å². The fourth-order valence-electron chi connectivity index (χ4n) is 1.12. The molecule has 0 unspecified atom stereocenters. The minimum absolute atomic E-state index is 0.184. The van der Waals surface area contributed by atoms with Crippen molar-refractivity contribution in [2.24, 2.45) is 0 Å². The summed E-state index contributed by atoms with van der Waals surface area (Å²) in [5.74, 6) is 0.914. The zero-order valence-electron chi connectivity index (χ0n) is 9.33. The fourth-order valence-corrected chi connectivity index (χ4v) is 2.08. The molecule has 16 heavy (non-hydrogen) atoms. The number of unbranched alkanes of at least 4 members (excludes halogenated alkanes) is 1. The first-order chi connectivity index (χ1) is 7.72. The first-order valence-electron chi connectivity index (χ1n) is 5.37. The van der Waals surface area contributed by atoms with Gasteiger partial charge in [0.05, 0.1) is 6.54 Å². The molecule has 0 fully saturated rings. The van der Waals surface area contributed by atoms with E-state index in [1.54, 1.807) is 12.1 Å². The summed E-state index contributed by atoms with van der Waals surface area (Å²) >= 11 is 7.16. The molecule has 0 amide bonds. The van der Waals surface area contributed by atoms with Crippen LogP contribution < -0.4 is 5.32 Å². The van der Waals surface area contributed by atoms with Gasteiger partial charge in [0.2, 0.25) is 5.12 Å². The quantitative estimate of drug-likeness (QED) is 0.786. The molecule has 88 valence electrons. The molecule has 0 radical (unpaired) electrons. The predicted octanol–water partition coefficient (Wildman–Crippen LogP) is 3.81. The lowest BCUT2D eigenvalue weighted by molar-refractivity contribution is -0.109. The molecule has 0 atom stereocenters. The van der Waals surface area contributed by atoms with Crippen LogP contribution in [0.15, 0.2) is 24.3 Å². The Morgan fingerprint density at radius 1 is 1.38 bits per heavy atom. The lowest BCUT2D eigenvalue weighted by atomic mass is 10.3. The highest BCUT2D eigenvalue weighted by molar-refractivity contribution is 8.13. The number of anilines is 1. The van der Waals surface area contributed by atoms with E-state index in [-0.39, 0.29) is 5.12 Å². The summed E-state index contributed by atoms with van der Waals surface area (Å²) in [6.07, 6.45) is 2.22. The van der Waals surface area contributed by atoms with Crippen molar-refractivity contribution in [2.45, 2.75) is 19.8 Å². The number of nitrogens with one attached hydrogen (secondary N) is 1. The molecule has 4 heteroatoms. The van der Waals surface area contributed by atoms with Gasteiger partial charge in [-0.1, -0.05) is 36.7 Å². The Bertz CT molecular complexity index is 326. The van der Waals surface area contributed by atoms with Crippen molar-refractivity contribution < 1.29 is 4.79 Å². The minimum Gasteiger partial charge on any atom is -0.377 e. The van der Waals surface area contributed by atoms with Gasteiger partial charge in [0.15, 0.2) is 0 Å². The van der Waals surface area contributed by atoms with Crippen molar-refractivity contribution >= 4 is 34.2 Å². The molecular formula is C12H16ClNOS. The lowest BCUT2D eigenvalue weighted by Crippen LogP contribution is -2.10. The number of hydrogen-bond acceptors (Lipinski definition) is 3. The maximum Gasteiger partial charge on any atom is 0.207 e. The van der Waals surface area contributed by atoms with Crippen molar-refractivity contribution in [3.8, 4) is 0 Å². The summed E-state index contributed by atoms with van der Waals surface area (Å²) < 4.78 is 0. The van der Waals surface area contributed by atoms with Gasteiger partial charge in [0, 0.05) is 16.5 Å². The molecule has 0 aliphatic rings. The molecule has 0 saturated heterocycles. The van der Waals surface area contributed by atoms with Crippen molar-refractivity contribution in [2.75, 3.05) is 17.6 Å². The molecule has 0 aromatic heterocycles. The van der Waals surface area contributed by atoms with E-state index in [9.17, 15) is 4.79 Å². The number of carbonyl (C=O) groups excluding carboxylic acids is 1. The van der Waals surface area contributed by atoms with E-state index >= 15 is 0 Å². The predicted molar refractivity (Wildman–Crippen MR) is 72.3 cm³/mol. The van der Waals surface area contributed by atoms with Crippen molar-refractivity contribution in [3.05, 3.63) is 29.3 Å². The topological polar surface area (TPSA) is 29.1 Å². The molecule has 1 N–H and O–H groups in total. The normalized spacial score (nSPS) is 10.1. The Hall–Kier alpha value is -0.670. The van der Waals surface area contributed by atoms with Crippen LogP contribution in [0, 0.1) is 0 Å². The molecular weight excluding hydrogens is 242 g/mol. The van der Waals surface area contributed by atoms with E-state index in [1.807, 2.05) is 12.1 Å². The highest BCUT2D eigenvalue weighted by Crippen LogP contribution is 2.14. The summed E-state index contributed by atoms with van der Waals surface area (Å²) in [5.41, 5.74) is 0.925. The van der Waals surface area contributed by atoms with Crippen LogP contribution in [0.25, 0.3) is 0 Å². The van der Waals surface area contributed by atoms with E-state index in [0.717, 1.165) is 24.3 Å². The Morgan fingerprint density at radius 2 is 2.06 bits per heavy atom. The Kier molecular flexibility index (Phi) is 6.34. The zero-order chi connectivity index (χ0) is 11.8. The van der Waals surface area contributed by atoms with Gasteiger partial charge in [-0.2, -0.15) is 0 Å². The zero-order valence-corrected chi connectivity index (χ0v) is 10.9. The second-order valence-corrected chi connectivity index (χ2v) is 5.02. The summed E-state index contributed by atoms with van der Waals surface area (Å²) in [7, 11) is 0. The first kappa shape index (κ1) is 13.4. The third-order valence-electron chi connectivity index (χ3n) is 2.04. The molecule has 1 aromatic rings. The molecule has 0 aliphatic heterocycles. The van der Waals surface area contributed by atoms with Crippen LogP contribution in [0.2, 0.25) is 5.02 Å². The first-order valence-corrected chi connectivity index (χ1v) is 6.74. The monoisotopic (exact) mass is 257 g/mol. The fraction of sp³-hybridized carbons (Fsp3) is 0.417. The average Bonchev–Trinajstić information content (AvgIpc) is 2.29. The number of thioether (sulfide) groups is 1. The standard InChI is InChI=1S/C12H16ClNOS/c1-2-3-8-16-12(15)9-14-11-6-4-10(13)5-7-11/h4-7,14H,2-3,8-9H2,1H3. The van der Waals surface area contributed by atoms with Crippen molar-refractivity contribution in [1.82, 2.24) is 0 Å². The molecule has 2 nitrogen and oxygen atoms in total. The van der Waals surface area contributed by atoms with Gasteiger partial charge in [-0.15, -0.1) is 0 Å². The molecule has 0 bridgehead atoms. The number of benzene rings is 1. The largest absolute Gasteiger partial charge is 0.377 e. The number of carbonyl (C=O) groups is 1. The highest BCUT2D eigenvalue weighted by Gasteiger charge is 2.01. The molecule has 0 heterocycles. The van der Waals surface area contributed by atoms with Crippen LogP contribution >= 0.6 is 23.4 Å². The maximum absolute atomic E-state index is 11.4. The SMILES string of the molecule is CCCCSC(=O)CNc1ccc(Cl)cc1. The van der Waals surface area contributed by atoms with Crippen molar-refractivity contribution in [1.29, 1.82) is 0 Å². The molecule has 1 aromatic carbocycles. The van der Waals surface area contributed by atoms with Crippen LogP contribution in [0.5, 0.6) is 0 Å². The van der Waals surface area contributed by atoms with Gasteiger partial charge < -0.3 is 5.32 Å². The number of halogens is 1. The molecule has 0 saturated carbocycles. The molecule has 0 spiro atoms. The van der Waals surface area contributed by atoms with Crippen LogP contribution in [0.3, 0.4) is 0 Å². The Balaban J connectivity index is 2.23. The highest BCUT2D eigenvalue weighted by atomic mass is 35.5. The van der Waals surface area contributed by atoms with E-state index in [1.165, 1.54) is 11.8 Å². The van der Waals surface area contributed by atoms with Gasteiger partial charge in [-0.05, 0) is 30.7 Å². The van der Waals surface area contributed by atoms with Crippen LogP contribution in [0.4, 0.5) is 5.69 Å². The van der Waals surface area contributed by atoms with E-state index < -0.39 is 0 Å². The van der Waals surface area contributed by atoms with Crippen LogP contribution in [-0.2, 0) is 4.79 Å². The second kappa shape index (κ2) is 7.58. The van der Waals surface area contributed by atoms with Gasteiger partial charge in [-0.25, -0.2) is 0 Å². The summed E-state index contributed by atoms with van der Waals surface area (Å²) in [6.45, 7) is 2.49.